The summed E-state index contributed by atoms with van der Waals surface area (Å²) in [6, 6.07) is 18.2. The van der Waals surface area contributed by atoms with Crippen LogP contribution in [0.5, 0.6) is 5.75 Å². The lowest BCUT2D eigenvalue weighted by Crippen LogP contribution is -2.27. The van der Waals surface area contributed by atoms with Crippen molar-refractivity contribution in [1.29, 1.82) is 0 Å². The Morgan fingerprint density at radius 3 is 2.74 bits per heavy atom. The second-order valence-electron chi connectivity index (χ2n) is 9.73. The minimum absolute atomic E-state index is 0. The third kappa shape index (κ3) is 4.41. The fourth-order valence-electron chi connectivity index (χ4n) is 5.58. The van der Waals surface area contributed by atoms with Gasteiger partial charge in [-0.25, -0.2) is 0 Å². The molecule has 35 heavy (non-hydrogen) atoms. The first-order valence-electron chi connectivity index (χ1n) is 11.9. The van der Waals surface area contributed by atoms with E-state index in [0.717, 1.165) is 64.3 Å². The Bertz CT molecular complexity index is 1360. The van der Waals surface area contributed by atoms with E-state index in [2.05, 4.69) is 48.9 Å². The minimum atomic E-state index is 0. The van der Waals surface area contributed by atoms with E-state index in [4.69, 9.17) is 0 Å². The molecule has 1 saturated heterocycles. The molecule has 6 nitrogen and oxygen atoms in total. The first-order valence-corrected chi connectivity index (χ1v) is 12.9. The fraction of sp³-hybridized carbons (Fsp3) is 0.370. The number of hydrogen-bond acceptors (Lipinski definition) is 6. The molecule has 8 heteroatoms. The van der Waals surface area contributed by atoms with E-state index in [1.165, 1.54) is 18.5 Å². The first kappa shape index (κ1) is 24.1. The zero-order chi connectivity index (χ0) is 23.3. The Hall–Kier alpha value is -2.61. The van der Waals surface area contributed by atoms with Gasteiger partial charge in [0.15, 0.2) is 11.0 Å². The van der Waals surface area contributed by atoms with Gasteiger partial charge in [0.1, 0.15) is 5.75 Å². The number of aryl methyl sites for hydroxylation is 1. The lowest BCUT2D eigenvalue weighted by molar-refractivity contribution is 0.299. The predicted octanol–water partition coefficient (Wildman–Crippen LogP) is 5.22. The van der Waals surface area contributed by atoms with Crippen molar-refractivity contribution in [2.24, 2.45) is 13.0 Å². The van der Waals surface area contributed by atoms with Gasteiger partial charge in [0.25, 0.3) is 0 Å². The van der Waals surface area contributed by atoms with Gasteiger partial charge in [-0.05, 0) is 62.1 Å². The largest absolute Gasteiger partial charge is 0.508 e. The third-order valence-corrected chi connectivity index (χ3v) is 8.56. The fourth-order valence-corrected chi connectivity index (χ4v) is 6.41. The number of hydrogen-bond donors (Lipinski definition) is 1. The van der Waals surface area contributed by atoms with Gasteiger partial charge in [-0.2, -0.15) is 0 Å². The third-order valence-electron chi connectivity index (χ3n) is 7.46. The molecule has 2 atom stereocenters. The molecule has 1 aliphatic carbocycles. The molecule has 0 unspecified atom stereocenters. The van der Waals surface area contributed by atoms with E-state index < -0.39 is 0 Å². The average Bonchev–Trinajstić information content (AvgIpc) is 3.21. The highest BCUT2D eigenvalue weighted by Crippen LogP contribution is 2.59. The maximum absolute atomic E-state index is 9.60. The van der Waals surface area contributed by atoms with Crippen LogP contribution in [0.1, 0.15) is 24.1 Å². The number of thioether (sulfide) groups is 1. The van der Waals surface area contributed by atoms with Crippen molar-refractivity contribution in [1.82, 2.24) is 24.6 Å². The van der Waals surface area contributed by atoms with Crippen molar-refractivity contribution in [3.63, 3.8) is 0 Å². The van der Waals surface area contributed by atoms with E-state index in [9.17, 15) is 5.11 Å². The Morgan fingerprint density at radius 2 is 1.91 bits per heavy atom. The highest BCUT2D eigenvalue weighted by atomic mass is 35.5. The molecule has 1 saturated carbocycles. The van der Waals surface area contributed by atoms with Crippen LogP contribution in [0.3, 0.4) is 0 Å². The van der Waals surface area contributed by atoms with E-state index >= 15 is 0 Å². The molecule has 1 aliphatic heterocycles. The smallest absolute Gasteiger partial charge is 0.191 e. The summed E-state index contributed by atoms with van der Waals surface area (Å²) in [6.45, 7) is 5.45. The number of piperidine rings is 1. The Kier molecular flexibility index (Phi) is 6.51. The van der Waals surface area contributed by atoms with Crippen LogP contribution >= 0.6 is 24.2 Å². The SMILES string of the molecule is Cc1ccc2c(-c3nnc(SCCCN4C[C@H]5C[C@@]5(c5ccc(O)cc5)C4)n3C)cccc2n1.Cl. The molecule has 4 aromatic rings. The predicted molar refractivity (Wildman–Crippen MR) is 143 cm³/mol. The molecule has 0 amide bonds. The maximum atomic E-state index is 9.60. The lowest BCUT2D eigenvalue weighted by atomic mass is 9.95. The molecule has 2 aromatic carbocycles. The number of fused-ring (bicyclic) bond motifs is 2. The van der Waals surface area contributed by atoms with Gasteiger partial charge in [0.2, 0.25) is 0 Å². The number of halogens is 1. The monoisotopic (exact) mass is 507 g/mol. The number of benzene rings is 2. The van der Waals surface area contributed by atoms with Gasteiger partial charge in [-0.1, -0.05) is 42.1 Å². The Morgan fingerprint density at radius 1 is 1.09 bits per heavy atom. The average molecular weight is 508 g/mol. The number of phenolic OH excluding ortho intramolecular Hbond substituents is 1. The van der Waals surface area contributed by atoms with Crippen LogP contribution in [0, 0.1) is 12.8 Å². The Labute approximate surface area is 216 Å². The van der Waals surface area contributed by atoms with Crippen molar-refractivity contribution in [2.45, 2.75) is 30.3 Å². The van der Waals surface area contributed by atoms with Gasteiger partial charge < -0.3 is 14.6 Å². The number of aromatic nitrogens is 4. The standard InChI is InChI=1S/C27H29N5OS.ClH/c1-18-7-12-22-23(5-3-6-24(22)28-18)25-29-30-26(31(25)2)34-14-4-13-32-16-20-15-27(20,17-32)19-8-10-21(33)11-9-19;/h3,5-12,20,33H,4,13-17H2,1-2H3;1H/t20-,27+;/m1./s1. The van der Waals surface area contributed by atoms with E-state index in [1.807, 2.05) is 44.3 Å². The molecule has 2 aliphatic rings. The number of rotatable bonds is 7. The molecule has 3 heterocycles. The molecule has 2 fully saturated rings. The summed E-state index contributed by atoms with van der Waals surface area (Å²) in [7, 11) is 2.05. The minimum Gasteiger partial charge on any atom is -0.508 e. The highest BCUT2D eigenvalue weighted by molar-refractivity contribution is 7.99. The maximum Gasteiger partial charge on any atom is 0.191 e. The molecule has 0 radical (unpaired) electrons. The topological polar surface area (TPSA) is 67.1 Å². The molecule has 0 spiro atoms. The molecule has 6 rings (SSSR count). The molecular weight excluding hydrogens is 478 g/mol. The first-order chi connectivity index (χ1) is 16.5. The summed E-state index contributed by atoms with van der Waals surface area (Å²) >= 11 is 1.78. The molecule has 0 bridgehead atoms. The van der Waals surface area contributed by atoms with Crippen molar-refractivity contribution < 1.29 is 5.11 Å². The quantitative estimate of drug-likeness (QED) is 0.273. The van der Waals surface area contributed by atoms with Crippen molar-refractivity contribution in [3.05, 3.63) is 65.9 Å². The van der Waals surface area contributed by atoms with Crippen LogP contribution in [0.15, 0.2) is 59.8 Å². The second-order valence-corrected chi connectivity index (χ2v) is 10.8. The number of aromatic hydroxyl groups is 1. The van der Waals surface area contributed by atoms with Gasteiger partial charge in [0, 0.05) is 47.9 Å². The van der Waals surface area contributed by atoms with E-state index in [0.29, 0.717) is 11.2 Å². The Balaban J connectivity index is 0.00000253. The van der Waals surface area contributed by atoms with Crippen molar-refractivity contribution >= 4 is 35.1 Å². The molecule has 2 aromatic heterocycles. The summed E-state index contributed by atoms with van der Waals surface area (Å²) in [5.41, 5.74) is 4.79. The zero-order valence-electron chi connectivity index (χ0n) is 20.0. The molecule has 1 N–H and O–H groups in total. The summed E-state index contributed by atoms with van der Waals surface area (Å²) < 4.78 is 2.10. The van der Waals surface area contributed by atoms with E-state index in [-0.39, 0.29) is 12.4 Å². The summed E-state index contributed by atoms with van der Waals surface area (Å²) in [6.07, 6.45) is 2.41. The van der Waals surface area contributed by atoms with Gasteiger partial charge in [0.05, 0.1) is 5.52 Å². The van der Waals surface area contributed by atoms with Crippen molar-refractivity contribution in [2.75, 3.05) is 25.4 Å². The van der Waals surface area contributed by atoms with Crippen LogP contribution in [0.2, 0.25) is 0 Å². The number of likely N-dealkylation sites (tertiary alicyclic amines) is 1. The lowest BCUT2D eigenvalue weighted by Gasteiger charge is -2.21. The van der Waals surface area contributed by atoms with E-state index in [1.54, 1.807) is 11.8 Å². The van der Waals surface area contributed by atoms with Crippen LogP contribution in [-0.2, 0) is 12.5 Å². The number of phenols is 1. The van der Waals surface area contributed by atoms with Crippen molar-refractivity contribution in [3.8, 4) is 17.1 Å². The summed E-state index contributed by atoms with van der Waals surface area (Å²) in [4.78, 5) is 7.26. The molecular formula is C27H30ClN5OS. The molecule has 182 valence electrons. The van der Waals surface area contributed by atoms with Gasteiger partial charge >= 0.3 is 0 Å². The number of nitrogens with zero attached hydrogens (tertiary/aromatic N) is 5. The van der Waals surface area contributed by atoms with Crippen LogP contribution in [0.4, 0.5) is 0 Å². The summed E-state index contributed by atoms with van der Waals surface area (Å²) in [5, 5.41) is 20.7. The number of pyridine rings is 1. The summed E-state index contributed by atoms with van der Waals surface area (Å²) in [5.74, 6) is 3.03. The van der Waals surface area contributed by atoms with Crippen LogP contribution in [0.25, 0.3) is 22.3 Å². The van der Waals surface area contributed by atoms with Crippen LogP contribution < -0.4 is 0 Å². The van der Waals surface area contributed by atoms with Gasteiger partial charge in [-0.15, -0.1) is 22.6 Å². The zero-order valence-corrected chi connectivity index (χ0v) is 21.6. The second kappa shape index (κ2) is 9.45. The highest BCUT2D eigenvalue weighted by Gasteiger charge is 2.60. The van der Waals surface area contributed by atoms with Crippen LogP contribution in [-0.4, -0.2) is 55.1 Å². The van der Waals surface area contributed by atoms with Gasteiger partial charge in [-0.3, -0.25) is 4.98 Å². The normalized spacial score (nSPS) is 21.1.